The van der Waals surface area contributed by atoms with Gasteiger partial charge in [-0.05, 0) is 37.1 Å². The molecule has 1 unspecified atom stereocenters. The predicted molar refractivity (Wildman–Crippen MR) is 118 cm³/mol. The van der Waals surface area contributed by atoms with E-state index in [1.54, 1.807) is 22.4 Å². The van der Waals surface area contributed by atoms with Crippen LogP contribution in [0.3, 0.4) is 0 Å². The quantitative estimate of drug-likeness (QED) is 0.377. The Morgan fingerprint density at radius 1 is 1.12 bits per heavy atom. The maximum Gasteiger partial charge on any atom is 0.417 e. The molecule has 3 aromatic heterocycles. The lowest BCUT2D eigenvalue weighted by Crippen LogP contribution is -2.39. The maximum absolute atomic E-state index is 13.2. The van der Waals surface area contributed by atoms with Crippen molar-refractivity contribution in [3.8, 4) is 10.6 Å². The van der Waals surface area contributed by atoms with E-state index in [1.165, 1.54) is 21.8 Å². The van der Waals surface area contributed by atoms with Crippen molar-refractivity contribution in [2.45, 2.75) is 24.9 Å². The highest BCUT2D eigenvalue weighted by atomic mass is 35.5. The molecule has 6 nitrogen and oxygen atoms in total. The fourth-order valence-corrected chi connectivity index (χ4v) is 4.91. The lowest BCUT2D eigenvalue weighted by Gasteiger charge is -2.31. The van der Waals surface area contributed by atoms with E-state index in [0.717, 1.165) is 17.8 Å². The van der Waals surface area contributed by atoms with Crippen LogP contribution in [0.15, 0.2) is 48.0 Å². The lowest BCUT2D eigenvalue weighted by molar-refractivity contribution is -0.137. The monoisotopic (exact) mass is 491 g/mol. The molecule has 0 bridgehead atoms. The molecule has 1 amide bonds. The van der Waals surface area contributed by atoms with Crippen LogP contribution >= 0.6 is 22.9 Å². The molecule has 1 aliphatic heterocycles. The second-order valence-electron chi connectivity index (χ2n) is 7.84. The van der Waals surface area contributed by atoms with Gasteiger partial charge in [0.25, 0.3) is 5.91 Å². The first-order chi connectivity index (χ1) is 15.8. The number of alkyl halides is 3. The molecule has 0 spiro atoms. The number of thiazole rings is 1. The predicted octanol–water partition coefficient (Wildman–Crippen LogP) is 5.54. The largest absolute Gasteiger partial charge is 0.417 e. The van der Waals surface area contributed by atoms with Crippen molar-refractivity contribution < 1.29 is 18.0 Å². The van der Waals surface area contributed by atoms with Crippen molar-refractivity contribution in [2.24, 2.45) is 0 Å². The van der Waals surface area contributed by atoms with Gasteiger partial charge in [0, 0.05) is 41.2 Å². The second-order valence-corrected chi connectivity index (χ2v) is 9.13. The normalized spacial score (nSPS) is 17.0. The van der Waals surface area contributed by atoms with E-state index in [1.807, 2.05) is 12.1 Å². The topological polar surface area (TPSA) is 63.4 Å². The third kappa shape index (κ3) is 4.32. The van der Waals surface area contributed by atoms with Gasteiger partial charge in [0.2, 0.25) is 0 Å². The number of hydrogen-bond donors (Lipinski definition) is 0. The minimum atomic E-state index is -4.46. The number of fused-ring (bicyclic) bond motifs is 1. The molecule has 1 saturated heterocycles. The molecule has 33 heavy (non-hydrogen) atoms. The SMILES string of the molecule is O=C(c1csc(-c2ccc(Cl)cc2)n1)N1CCCC(c2nnc3ccc(C(F)(F)F)cn23)C1. The highest BCUT2D eigenvalue weighted by molar-refractivity contribution is 7.13. The van der Waals surface area contributed by atoms with Crippen molar-refractivity contribution in [1.29, 1.82) is 0 Å². The Hall–Kier alpha value is -2.98. The summed E-state index contributed by atoms with van der Waals surface area (Å²) in [5.74, 6) is -0.00903. The van der Waals surface area contributed by atoms with Crippen LogP contribution in [-0.2, 0) is 6.18 Å². The fourth-order valence-electron chi connectivity index (χ4n) is 3.99. The highest BCUT2D eigenvalue weighted by Gasteiger charge is 2.33. The van der Waals surface area contributed by atoms with E-state index in [4.69, 9.17) is 11.6 Å². The second kappa shape index (κ2) is 8.42. The highest BCUT2D eigenvalue weighted by Crippen LogP contribution is 2.32. The molecule has 0 aliphatic carbocycles. The van der Waals surface area contributed by atoms with Gasteiger partial charge in [-0.15, -0.1) is 21.5 Å². The van der Waals surface area contributed by atoms with Gasteiger partial charge in [-0.2, -0.15) is 13.2 Å². The molecule has 0 saturated carbocycles. The number of hydrogen-bond acceptors (Lipinski definition) is 5. The van der Waals surface area contributed by atoms with Crippen molar-refractivity contribution in [1.82, 2.24) is 24.5 Å². The molecule has 4 aromatic rings. The summed E-state index contributed by atoms with van der Waals surface area (Å²) in [6.07, 6.45) is -2.03. The molecule has 1 atom stereocenters. The Kier molecular flexibility index (Phi) is 5.57. The summed E-state index contributed by atoms with van der Waals surface area (Å²) >= 11 is 7.31. The Labute approximate surface area is 195 Å². The maximum atomic E-state index is 13.2. The number of likely N-dealkylation sites (tertiary alicyclic amines) is 1. The summed E-state index contributed by atoms with van der Waals surface area (Å²) in [5.41, 5.74) is 0.789. The zero-order valence-electron chi connectivity index (χ0n) is 17.1. The van der Waals surface area contributed by atoms with E-state index in [0.29, 0.717) is 53.1 Å². The fraction of sp³-hybridized carbons (Fsp3) is 0.273. The van der Waals surface area contributed by atoms with Crippen LogP contribution in [0, 0.1) is 0 Å². The van der Waals surface area contributed by atoms with Crippen LogP contribution in [0.25, 0.3) is 16.2 Å². The van der Waals surface area contributed by atoms with E-state index in [9.17, 15) is 18.0 Å². The minimum absolute atomic E-state index is 0.207. The average molecular weight is 492 g/mol. The number of halogens is 4. The number of benzene rings is 1. The first-order valence-corrected chi connectivity index (χ1v) is 11.5. The van der Waals surface area contributed by atoms with Gasteiger partial charge in [0.05, 0.1) is 5.56 Å². The standard InChI is InChI=1S/C22H17ClF3N5OS/c23-16-6-3-13(4-7-16)20-27-17(12-33-20)21(32)30-9-1-2-14(10-30)19-29-28-18-8-5-15(11-31(18)19)22(24,25)26/h3-8,11-12,14H,1-2,9-10H2. The van der Waals surface area contributed by atoms with Crippen LogP contribution in [0.4, 0.5) is 13.2 Å². The average Bonchev–Trinajstić information content (AvgIpc) is 3.46. The number of carbonyl (C=O) groups excluding carboxylic acids is 1. The molecule has 170 valence electrons. The molecule has 0 radical (unpaired) electrons. The van der Waals surface area contributed by atoms with Crippen molar-refractivity contribution in [3.63, 3.8) is 0 Å². The zero-order valence-corrected chi connectivity index (χ0v) is 18.7. The Bertz CT molecular complexity index is 1320. The van der Waals surface area contributed by atoms with Crippen molar-refractivity contribution in [3.05, 3.63) is 70.1 Å². The van der Waals surface area contributed by atoms with E-state index in [2.05, 4.69) is 15.2 Å². The van der Waals surface area contributed by atoms with Crippen LogP contribution in [0.2, 0.25) is 5.02 Å². The third-order valence-electron chi connectivity index (χ3n) is 5.64. The van der Waals surface area contributed by atoms with Crippen LogP contribution in [0.5, 0.6) is 0 Å². The summed E-state index contributed by atoms with van der Waals surface area (Å²) in [6, 6.07) is 9.52. The number of rotatable bonds is 3. The number of piperidine rings is 1. The minimum Gasteiger partial charge on any atom is -0.337 e. The number of amides is 1. The number of aromatic nitrogens is 4. The number of nitrogens with zero attached hydrogens (tertiary/aromatic N) is 5. The molecule has 1 aliphatic rings. The molecule has 1 fully saturated rings. The molecule has 1 aromatic carbocycles. The Morgan fingerprint density at radius 3 is 2.67 bits per heavy atom. The van der Waals surface area contributed by atoms with Gasteiger partial charge in [-0.1, -0.05) is 23.7 Å². The first kappa shape index (κ1) is 21.8. The summed E-state index contributed by atoms with van der Waals surface area (Å²) < 4.78 is 40.9. The molecule has 11 heteroatoms. The van der Waals surface area contributed by atoms with Crippen LogP contribution < -0.4 is 0 Å². The summed E-state index contributed by atoms with van der Waals surface area (Å²) in [4.78, 5) is 19.3. The van der Waals surface area contributed by atoms with Crippen LogP contribution in [-0.4, -0.2) is 43.5 Å². The smallest absolute Gasteiger partial charge is 0.337 e. The molecule has 5 rings (SSSR count). The van der Waals surface area contributed by atoms with Gasteiger partial charge in [-0.3, -0.25) is 9.20 Å². The third-order valence-corrected chi connectivity index (χ3v) is 6.79. The summed E-state index contributed by atoms with van der Waals surface area (Å²) in [5, 5.41) is 11.2. The first-order valence-electron chi connectivity index (χ1n) is 10.2. The Balaban J connectivity index is 1.37. The van der Waals surface area contributed by atoms with E-state index < -0.39 is 11.7 Å². The molecular weight excluding hydrogens is 475 g/mol. The van der Waals surface area contributed by atoms with Gasteiger partial charge >= 0.3 is 6.18 Å². The van der Waals surface area contributed by atoms with E-state index >= 15 is 0 Å². The van der Waals surface area contributed by atoms with Gasteiger partial charge < -0.3 is 4.90 Å². The molecule has 0 N–H and O–H groups in total. The Morgan fingerprint density at radius 2 is 1.91 bits per heavy atom. The van der Waals surface area contributed by atoms with Gasteiger partial charge in [-0.25, -0.2) is 4.98 Å². The van der Waals surface area contributed by atoms with E-state index in [-0.39, 0.29) is 11.8 Å². The molecule has 4 heterocycles. The lowest BCUT2D eigenvalue weighted by atomic mass is 9.97. The van der Waals surface area contributed by atoms with Crippen molar-refractivity contribution >= 4 is 34.5 Å². The number of carbonyl (C=O) groups is 1. The summed E-state index contributed by atoms with van der Waals surface area (Å²) in [7, 11) is 0. The van der Waals surface area contributed by atoms with Gasteiger partial charge in [0.15, 0.2) is 5.65 Å². The molecular formula is C22H17ClF3N5OS. The van der Waals surface area contributed by atoms with Crippen molar-refractivity contribution in [2.75, 3.05) is 13.1 Å². The zero-order chi connectivity index (χ0) is 23.2. The number of pyridine rings is 1. The van der Waals surface area contributed by atoms with Crippen LogP contribution in [0.1, 0.15) is 40.6 Å². The summed E-state index contributed by atoms with van der Waals surface area (Å²) in [6.45, 7) is 0.886. The van der Waals surface area contributed by atoms with Gasteiger partial charge in [0.1, 0.15) is 16.5 Å².